The lowest BCUT2D eigenvalue weighted by atomic mass is 10.2. The standard InChI is InChI=1S/C12H12BrN3OS/c1-18-12-15-10(14)6-11(16-12)17-7-8-4-2-3-5-9(8)13/h2-6H,7H2,1H3,(H2,14,15,16). The molecule has 2 aromatic rings. The molecule has 0 fully saturated rings. The number of aromatic nitrogens is 2. The summed E-state index contributed by atoms with van der Waals surface area (Å²) in [6.07, 6.45) is 1.90. The summed E-state index contributed by atoms with van der Waals surface area (Å²) < 4.78 is 6.63. The maximum atomic E-state index is 5.68. The van der Waals surface area contributed by atoms with E-state index in [9.17, 15) is 0 Å². The van der Waals surface area contributed by atoms with E-state index >= 15 is 0 Å². The van der Waals surface area contributed by atoms with Gasteiger partial charge in [0.05, 0.1) is 0 Å². The van der Waals surface area contributed by atoms with E-state index in [-0.39, 0.29) is 0 Å². The molecule has 0 saturated heterocycles. The number of benzene rings is 1. The van der Waals surface area contributed by atoms with E-state index < -0.39 is 0 Å². The Balaban J connectivity index is 2.11. The Morgan fingerprint density at radius 1 is 1.33 bits per heavy atom. The second-order valence-corrected chi connectivity index (χ2v) is 5.13. The summed E-state index contributed by atoms with van der Waals surface area (Å²) in [5.74, 6) is 0.902. The largest absolute Gasteiger partial charge is 0.473 e. The molecule has 1 aromatic heterocycles. The quantitative estimate of drug-likeness (QED) is 0.691. The fourth-order valence-corrected chi connectivity index (χ4v) is 2.13. The molecule has 94 valence electrons. The molecule has 0 spiro atoms. The monoisotopic (exact) mass is 325 g/mol. The molecular formula is C12H12BrN3OS. The Kier molecular flexibility index (Phi) is 4.43. The Morgan fingerprint density at radius 3 is 2.83 bits per heavy atom. The van der Waals surface area contributed by atoms with Crippen LogP contribution in [0.2, 0.25) is 0 Å². The van der Waals surface area contributed by atoms with E-state index in [1.807, 2.05) is 30.5 Å². The van der Waals surface area contributed by atoms with Gasteiger partial charge < -0.3 is 10.5 Å². The fourth-order valence-electron chi connectivity index (χ4n) is 1.35. The number of anilines is 1. The molecule has 0 radical (unpaired) electrons. The van der Waals surface area contributed by atoms with Crippen molar-refractivity contribution in [2.24, 2.45) is 0 Å². The van der Waals surface area contributed by atoms with Gasteiger partial charge in [0.15, 0.2) is 5.16 Å². The van der Waals surface area contributed by atoms with Crippen molar-refractivity contribution < 1.29 is 4.74 Å². The van der Waals surface area contributed by atoms with Crippen molar-refractivity contribution in [3.63, 3.8) is 0 Å². The predicted molar refractivity (Wildman–Crippen MR) is 76.7 cm³/mol. The number of nitrogens with two attached hydrogens (primary N) is 1. The van der Waals surface area contributed by atoms with Crippen molar-refractivity contribution >= 4 is 33.5 Å². The number of rotatable bonds is 4. The van der Waals surface area contributed by atoms with Crippen molar-refractivity contribution in [2.75, 3.05) is 12.0 Å². The molecule has 1 heterocycles. The molecular weight excluding hydrogens is 314 g/mol. The molecule has 1 aromatic carbocycles. The maximum Gasteiger partial charge on any atom is 0.219 e. The highest BCUT2D eigenvalue weighted by Gasteiger charge is 2.04. The minimum atomic E-state index is 0.413. The Hall–Kier alpha value is -1.27. The van der Waals surface area contributed by atoms with E-state index in [2.05, 4.69) is 25.9 Å². The number of hydrogen-bond donors (Lipinski definition) is 1. The van der Waals surface area contributed by atoms with Gasteiger partial charge in [-0.15, -0.1) is 0 Å². The van der Waals surface area contributed by atoms with Crippen molar-refractivity contribution in [1.82, 2.24) is 9.97 Å². The molecule has 2 rings (SSSR count). The number of halogens is 1. The maximum absolute atomic E-state index is 5.68. The average molecular weight is 326 g/mol. The van der Waals surface area contributed by atoms with Crippen molar-refractivity contribution in [1.29, 1.82) is 0 Å². The number of ether oxygens (including phenoxy) is 1. The van der Waals surface area contributed by atoms with Gasteiger partial charge in [0.2, 0.25) is 5.88 Å². The first-order valence-electron chi connectivity index (χ1n) is 5.24. The summed E-state index contributed by atoms with van der Waals surface area (Å²) >= 11 is 4.90. The van der Waals surface area contributed by atoms with E-state index in [1.54, 1.807) is 6.07 Å². The second kappa shape index (κ2) is 6.06. The molecule has 0 saturated carbocycles. The lowest BCUT2D eigenvalue weighted by Gasteiger charge is -2.08. The van der Waals surface area contributed by atoms with Gasteiger partial charge in [-0.3, -0.25) is 0 Å². The second-order valence-electron chi connectivity index (χ2n) is 3.50. The minimum Gasteiger partial charge on any atom is -0.473 e. The minimum absolute atomic E-state index is 0.413. The van der Waals surface area contributed by atoms with E-state index in [0.29, 0.717) is 23.5 Å². The average Bonchev–Trinajstić information content (AvgIpc) is 2.37. The van der Waals surface area contributed by atoms with E-state index in [4.69, 9.17) is 10.5 Å². The van der Waals surface area contributed by atoms with Crippen LogP contribution in [0, 0.1) is 0 Å². The summed E-state index contributed by atoms with van der Waals surface area (Å²) in [5.41, 5.74) is 6.74. The highest BCUT2D eigenvalue weighted by Crippen LogP contribution is 2.20. The zero-order valence-electron chi connectivity index (χ0n) is 9.76. The highest BCUT2D eigenvalue weighted by molar-refractivity contribution is 9.10. The SMILES string of the molecule is CSc1nc(N)cc(OCc2ccccc2Br)n1. The highest BCUT2D eigenvalue weighted by atomic mass is 79.9. The van der Waals surface area contributed by atoms with Crippen molar-refractivity contribution in [3.8, 4) is 5.88 Å². The van der Waals surface area contributed by atoms with Crippen LogP contribution in [0.3, 0.4) is 0 Å². The molecule has 0 bridgehead atoms. The van der Waals surface area contributed by atoms with Crippen molar-refractivity contribution in [2.45, 2.75) is 11.8 Å². The van der Waals surface area contributed by atoms with Crippen LogP contribution in [-0.2, 0) is 6.61 Å². The van der Waals surface area contributed by atoms with Gasteiger partial charge in [0, 0.05) is 16.1 Å². The van der Waals surface area contributed by atoms with Crippen LogP contribution in [0.1, 0.15) is 5.56 Å². The molecule has 0 unspecified atom stereocenters. The first-order valence-corrected chi connectivity index (χ1v) is 7.25. The lowest BCUT2D eigenvalue weighted by molar-refractivity contribution is 0.290. The number of hydrogen-bond acceptors (Lipinski definition) is 5. The first-order chi connectivity index (χ1) is 8.69. The van der Waals surface area contributed by atoms with Gasteiger partial charge in [-0.2, -0.15) is 4.98 Å². The zero-order valence-corrected chi connectivity index (χ0v) is 12.2. The van der Waals surface area contributed by atoms with Crippen LogP contribution in [0.25, 0.3) is 0 Å². The Morgan fingerprint density at radius 2 is 2.11 bits per heavy atom. The van der Waals surface area contributed by atoms with E-state index in [0.717, 1.165) is 10.0 Å². The lowest BCUT2D eigenvalue weighted by Crippen LogP contribution is -2.01. The van der Waals surface area contributed by atoms with Gasteiger partial charge in [-0.25, -0.2) is 4.98 Å². The summed E-state index contributed by atoms with van der Waals surface area (Å²) in [4.78, 5) is 8.30. The van der Waals surface area contributed by atoms with E-state index in [1.165, 1.54) is 11.8 Å². The third kappa shape index (κ3) is 3.36. The first kappa shape index (κ1) is 13.2. The van der Waals surface area contributed by atoms with Crippen LogP contribution in [-0.4, -0.2) is 16.2 Å². The Bertz CT molecular complexity index is 551. The normalized spacial score (nSPS) is 10.3. The molecule has 2 N–H and O–H groups in total. The molecule has 4 nitrogen and oxygen atoms in total. The smallest absolute Gasteiger partial charge is 0.219 e. The van der Waals surface area contributed by atoms with Gasteiger partial charge in [0.1, 0.15) is 12.4 Å². The molecule has 0 aliphatic rings. The van der Waals surface area contributed by atoms with Gasteiger partial charge in [-0.05, 0) is 12.3 Å². The molecule has 0 amide bonds. The third-order valence-corrected chi connectivity index (χ3v) is 3.54. The topological polar surface area (TPSA) is 61.0 Å². The predicted octanol–water partition coefficient (Wildman–Crippen LogP) is 3.12. The van der Waals surface area contributed by atoms with Crippen LogP contribution >= 0.6 is 27.7 Å². The molecule has 0 atom stereocenters. The van der Waals surface area contributed by atoms with Gasteiger partial charge in [-0.1, -0.05) is 45.9 Å². The summed E-state index contributed by atoms with van der Waals surface area (Å²) in [5, 5.41) is 0.608. The molecule has 6 heteroatoms. The van der Waals surface area contributed by atoms with Crippen molar-refractivity contribution in [3.05, 3.63) is 40.4 Å². The molecule has 0 aliphatic carbocycles. The molecule has 18 heavy (non-hydrogen) atoms. The number of nitrogen functional groups attached to an aromatic ring is 1. The molecule has 0 aliphatic heterocycles. The van der Waals surface area contributed by atoms with Crippen LogP contribution in [0.4, 0.5) is 5.82 Å². The summed E-state index contributed by atoms with van der Waals surface area (Å²) in [7, 11) is 0. The third-order valence-electron chi connectivity index (χ3n) is 2.22. The summed E-state index contributed by atoms with van der Waals surface area (Å²) in [6, 6.07) is 9.51. The fraction of sp³-hybridized carbons (Fsp3) is 0.167. The summed E-state index contributed by atoms with van der Waals surface area (Å²) in [6.45, 7) is 0.436. The van der Waals surface area contributed by atoms with Crippen LogP contribution in [0.15, 0.2) is 40.0 Å². The number of thioether (sulfide) groups is 1. The van der Waals surface area contributed by atoms with Crippen LogP contribution < -0.4 is 10.5 Å². The zero-order chi connectivity index (χ0) is 13.0. The number of nitrogens with zero attached hydrogens (tertiary/aromatic N) is 2. The van der Waals surface area contributed by atoms with Crippen LogP contribution in [0.5, 0.6) is 5.88 Å². The Labute approximate surface area is 118 Å². The van der Waals surface area contributed by atoms with Gasteiger partial charge in [0.25, 0.3) is 0 Å². The van der Waals surface area contributed by atoms with Gasteiger partial charge >= 0.3 is 0 Å².